The van der Waals surface area contributed by atoms with Gasteiger partial charge in [0.25, 0.3) is 0 Å². The number of nitrogens with one attached hydrogen (secondary N) is 1. The number of rotatable bonds is 5. The van der Waals surface area contributed by atoms with Gasteiger partial charge in [-0.15, -0.1) is 0 Å². The van der Waals surface area contributed by atoms with E-state index in [1.165, 1.54) is 31.6 Å². The Balaban J connectivity index is 1.68. The van der Waals surface area contributed by atoms with Crippen molar-refractivity contribution in [2.75, 3.05) is 26.2 Å². The Morgan fingerprint density at radius 1 is 1.35 bits per heavy atom. The molecule has 0 bridgehead atoms. The van der Waals surface area contributed by atoms with Crippen molar-refractivity contribution in [1.82, 2.24) is 15.2 Å². The van der Waals surface area contributed by atoms with Gasteiger partial charge in [0.2, 0.25) is 0 Å². The van der Waals surface area contributed by atoms with E-state index >= 15 is 0 Å². The summed E-state index contributed by atoms with van der Waals surface area (Å²) in [5, 5.41) is 3.54. The lowest BCUT2D eigenvalue weighted by Gasteiger charge is -2.32. The number of nitrogens with zero attached hydrogens (tertiary/aromatic N) is 2. The molecule has 1 aromatic heterocycles. The van der Waals surface area contributed by atoms with Gasteiger partial charge in [-0.2, -0.15) is 0 Å². The van der Waals surface area contributed by atoms with Gasteiger partial charge >= 0.3 is 0 Å². The molecule has 0 spiro atoms. The van der Waals surface area contributed by atoms with Crippen LogP contribution in [0.1, 0.15) is 25.5 Å². The van der Waals surface area contributed by atoms with Gasteiger partial charge in [0.15, 0.2) is 0 Å². The molecule has 3 heteroatoms. The van der Waals surface area contributed by atoms with Crippen LogP contribution in [-0.4, -0.2) is 42.1 Å². The topological polar surface area (TPSA) is 28.2 Å². The van der Waals surface area contributed by atoms with E-state index in [9.17, 15) is 0 Å². The van der Waals surface area contributed by atoms with Crippen LogP contribution in [0.25, 0.3) is 0 Å². The van der Waals surface area contributed by atoms with Crippen molar-refractivity contribution >= 4 is 0 Å². The van der Waals surface area contributed by atoms with E-state index < -0.39 is 0 Å². The second-order valence-corrected chi connectivity index (χ2v) is 4.74. The van der Waals surface area contributed by atoms with Crippen LogP contribution >= 0.6 is 0 Å². The van der Waals surface area contributed by atoms with Crippen molar-refractivity contribution in [3.05, 3.63) is 30.1 Å². The monoisotopic (exact) mass is 233 g/mol. The first kappa shape index (κ1) is 12.5. The van der Waals surface area contributed by atoms with E-state index in [1.807, 2.05) is 12.3 Å². The maximum absolute atomic E-state index is 4.37. The van der Waals surface area contributed by atoms with Gasteiger partial charge in [0.05, 0.1) is 0 Å². The van der Waals surface area contributed by atoms with Crippen molar-refractivity contribution in [2.45, 2.75) is 32.2 Å². The molecule has 94 valence electrons. The van der Waals surface area contributed by atoms with Crippen LogP contribution in [-0.2, 0) is 6.42 Å². The fourth-order valence-corrected chi connectivity index (χ4v) is 2.47. The van der Waals surface area contributed by atoms with Crippen LogP contribution in [0.5, 0.6) is 0 Å². The first-order valence-electron chi connectivity index (χ1n) is 6.74. The predicted molar refractivity (Wildman–Crippen MR) is 71.1 cm³/mol. The van der Waals surface area contributed by atoms with Gasteiger partial charge in [-0.3, -0.25) is 4.98 Å². The quantitative estimate of drug-likeness (QED) is 0.839. The molecular formula is C14H23N3. The van der Waals surface area contributed by atoms with Crippen molar-refractivity contribution in [3.8, 4) is 0 Å². The molecule has 3 nitrogen and oxygen atoms in total. The van der Waals surface area contributed by atoms with E-state index in [0.29, 0.717) is 0 Å². The molecule has 2 heterocycles. The summed E-state index contributed by atoms with van der Waals surface area (Å²) in [4.78, 5) is 6.93. The van der Waals surface area contributed by atoms with Crippen molar-refractivity contribution in [2.24, 2.45) is 0 Å². The van der Waals surface area contributed by atoms with Gasteiger partial charge in [0, 0.05) is 30.9 Å². The summed E-state index contributed by atoms with van der Waals surface area (Å²) in [6.07, 6.45) is 5.53. The average molecular weight is 233 g/mol. The van der Waals surface area contributed by atoms with Crippen LogP contribution in [0.3, 0.4) is 0 Å². The lowest BCUT2D eigenvalue weighted by molar-refractivity contribution is 0.200. The average Bonchev–Trinajstić information content (AvgIpc) is 2.40. The Labute approximate surface area is 104 Å². The first-order valence-corrected chi connectivity index (χ1v) is 6.74. The highest BCUT2D eigenvalue weighted by atomic mass is 15.1. The number of hydrogen-bond donors (Lipinski definition) is 1. The van der Waals surface area contributed by atoms with Crippen molar-refractivity contribution in [3.63, 3.8) is 0 Å². The summed E-state index contributed by atoms with van der Waals surface area (Å²) < 4.78 is 0. The fraction of sp³-hybridized carbons (Fsp3) is 0.643. The summed E-state index contributed by atoms with van der Waals surface area (Å²) in [7, 11) is 0. The number of likely N-dealkylation sites (tertiary alicyclic amines) is 1. The molecule has 1 saturated heterocycles. The maximum Gasteiger partial charge on any atom is 0.0416 e. The summed E-state index contributed by atoms with van der Waals surface area (Å²) >= 11 is 0. The summed E-state index contributed by atoms with van der Waals surface area (Å²) in [5.41, 5.74) is 1.21. The molecule has 0 saturated carbocycles. The van der Waals surface area contributed by atoms with Crippen LogP contribution in [0.2, 0.25) is 0 Å². The predicted octanol–water partition coefficient (Wildman–Crippen LogP) is 1.70. The van der Waals surface area contributed by atoms with E-state index in [4.69, 9.17) is 0 Å². The Kier molecular flexibility index (Phi) is 4.95. The number of hydrogen-bond acceptors (Lipinski definition) is 3. The standard InChI is InChI=1S/C14H23N3/c1-2-15-14-7-11-17(12-8-14)10-6-13-5-3-4-9-16-13/h3-5,9,14-15H,2,6-8,10-12H2,1H3. The first-order chi connectivity index (χ1) is 8.38. The maximum atomic E-state index is 4.37. The Morgan fingerprint density at radius 3 is 2.82 bits per heavy atom. The normalized spacial score (nSPS) is 18.4. The third-order valence-electron chi connectivity index (χ3n) is 3.49. The largest absolute Gasteiger partial charge is 0.314 e. The molecule has 1 aliphatic rings. The molecule has 1 aromatic rings. The second kappa shape index (κ2) is 6.72. The van der Waals surface area contributed by atoms with Gasteiger partial charge < -0.3 is 10.2 Å². The van der Waals surface area contributed by atoms with Gasteiger partial charge in [-0.05, 0) is 44.6 Å². The van der Waals surface area contributed by atoms with Crippen molar-refractivity contribution < 1.29 is 0 Å². The summed E-state index contributed by atoms with van der Waals surface area (Å²) in [5.74, 6) is 0. The Hall–Kier alpha value is -0.930. The van der Waals surface area contributed by atoms with Crippen LogP contribution in [0.15, 0.2) is 24.4 Å². The SMILES string of the molecule is CCNC1CCN(CCc2ccccn2)CC1. The van der Waals surface area contributed by atoms with Crippen molar-refractivity contribution in [1.29, 1.82) is 0 Å². The van der Waals surface area contributed by atoms with Crippen LogP contribution in [0, 0.1) is 0 Å². The molecule has 0 atom stereocenters. The smallest absolute Gasteiger partial charge is 0.0416 e. The number of pyridine rings is 1. The highest BCUT2D eigenvalue weighted by molar-refractivity contribution is 5.03. The molecule has 1 aliphatic heterocycles. The third-order valence-corrected chi connectivity index (χ3v) is 3.49. The molecule has 1 fully saturated rings. The molecule has 17 heavy (non-hydrogen) atoms. The highest BCUT2D eigenvalue weighted by Gasteiger charge is 2.17. The fourth-order valence-electron chi connectivity index (χ4n) is 2.47. The Morgan fingerprint density at radius 2 is 2.18 bits per heavy atom. The molecule has 2 rings (SSSR count). The molecule has 0 radical (unpaired) electrons. The highest BCUT2D eigenvalue weighted by Crippen LogP contribution is 2.10. The van der Waals surface area contributed by atoms with Crippen LogP contribution in [0.4, 0.5) is 0 Å². The summed E-state index contributed by atoms with van der Waals surface area (Å²) in [6, 6.07) is 6.90. The molecular weight excluding hydrogens is 210 g/mol. The zero-order chi connectivity index (χ0) is 11.9. The van der Waals surface area contributed by atoms with E-state index in [-0.39, 0.29) is 0 Å². The zero-order valence-electron chi connectivity index (χ0n) is 10.7. The van der Waals surface area contributed by atoms with Gasteiger partial charge in [-0.25, -0.2) is 0 Å². The zero-order valence-corrected chi connectivity index (χ0v) is 10.7. The molecule has 0 amide bonds. The van der Waals surface area contributed by atoms with Gasteiger partial charge in [-0.1, -0.05) is 13.0 Å². The Bertz CT molecular complexity index is 305. The molecule has 0 unspecified atom stereocenters. The third kappa shape index (κ3) is 4.10. The lowest BCUT2D eigenvalue weighted by Crippen LogP contribution is -2.43. The lowest BCUT2D eigenvalue weighted by atomic mass is 10.0. The molecule has 0 aromatic carbocycles. The van der Waals surface area contributed by atoms with Crippen LogP contribution < -0.4 is 5.32 Å². The number of aromatic nitrogens is 1. The molecule has 0 aliphatic carbocycles. The second-order valence-electron chi connectivity index (χ2n) is 4.74. The van der Waals surface area contributed by atoms with E-state index in [1.54, 1.807) is 0 Å². The molecule has 1 N–H and O–H groups in total. The minimum atomic E-state index is 0.742. The minimum absolute atomic E-state index is 0.742. The van der Waals surface area contributed by atoms with E-state index in [2.05, 4.69) is 34.3 Å². The number of piperidine rings is 1. The van der Waals surface area contributed by atoms with Gasteiger partial charge in [0.1, 0.15) is 0 Å². The van der Waals surface area contributed by atoms with E-state index in [0.717, 1.165) is 25.6 Å². The minimum Gasteiger partial charge on any atom is -0.314 e. The summed E-state index contributed by atoms with van der Waals surface area (Å²) in [6.45, 7) is 6.89.